The van der Waals surface area contributed by atoms with E-state index >= 15 is 0 Å². The third-order valence-corrected chi connectivity index (χ3v) is 9.52. The van der Waals surface area contributed by atoms with Crippen LogP contribution in [-0.2, 0) is 11.3 Å². The number of nitrogens with one attached hydrogen (secondary N) is 2. The van der Waals surface area contributed by atoms with Gasteiger partial charge in [0.15, 0.2) is 11.5 Å². The van der Waals surface area contributed by atoms with Crippen molar-refractivity contribution in [2.45, 2.75) is 34.9 Å². The highest BCUT2D eigenvalue weighted by Crippen LogP contribution is 2.35. The molecule has 0 saturated carbocycles. The molecule has 0 bridgehead atoms. The molecule has 222 valence electrons. The minimum Gasteiger partial charge on any atom is -0.508 e. The van der Waals surface area contributed by atoms with Crippen molar-refractivity contribution in [3.63, 3.8) is 0 Å². The number of anilines is 1. The number of pyridine rings is 1. The van der Waals surface area contributed by atoms with Gasteiger partial charge in [-0.25, -0.2) is 9.48 Å². The minimum atomic E-state index is -0.363. The molecule has 0 aliphatic carbocycles. The topological polar surface area (TPSA) is 109 Å². The van der Waals surface area contributed by atoms with Crippen LogP contribution in [0.1, 0.15) is 25.1 Å². The van der Waals surface area contributed by atoms with Gasteiger partial charge < -0.3 is 10.4 Å². The smallest absolute Gasteiger partial charge is 0.320 e. The van der Waals surface area contributed by atoms with E-state index in [-0.39, 0.29) is 16.5 Å². The molecule has 0 aliphatic rings. The normalized spacial score (nSPS) is 11.5. The molecular weight excluding hydrogens is 591 g/mol. The molecule has 0 radical (unpaired) electrons. The summed E-state index contributed by atoms with van der Waals surface area (Å²) in [5.41, 5.74) is 4.20. The molecule has 2 amide bonds. The lowest BCUT2D eigenvalue weighted by Crippen LogP contribution is -2.29. The van der Waals surface area contributed by atoms with E-state index in [9.17, 15) is 9.90 Å². The zero-order valence-corrected chi connectivity index (χ0v) is 26.1. The lowest BCUT2D eigenvalue weighted by atomic mass is 10.1. The number of urea groups is 1. The number of rotatable bonds is 9. The predicted octanol–water partition coefficient (Wildman–Crippen LogP) is 7.36. The summed E-state index contributed by atoms with van der Waals surface area (Å²) in [6.45, 7) is 4.48. The third kappa shape index (κ3) is 6.29. The van der Waals surface area contributed by atoms with E-state index in [1.54, 1.807) is 46.4 Å². The van der Waals surface area contributed by atoms with Crippen molar-refractivity contribution in [1.82, 2.24) is 29.7 Å². The summed E-state index contributed by atoms with van der Waals surface area (Å²) in [5, 5.41) is 29.5. The summed E-state index contributed by atoms with van der Waals surface area (Å²) < 4.78 is 3.36. The Morgan fingerprint density at radius 3 is 2.52 bits per heavy atom. The first kappa shape index (κ1) is 29.3. The Labute approximate surface area is 263 Å². The summed E-state index contributed by atoms with van der Waals surface area (Å²) in [5.74, 6) is 1.40. The molecule has 0 unspecified atom stereocenters. The molecule has 0 aliphatic heterocycles. The van der Waals surface area contributed by atoms with Gasteiger partial charge in [-0.15, -0.1) is 10.2 Å². The fraction of sp³-hybridized carbons (Fsp3) is 0.152. The second kappa shape index (κ2) is 12.5. The molecule has 0 fully saturated rings. The highest BCUT2D eigenvalue weighted by molar-refractivity contribution is 7.99. The molecule has 11 heteroatoms. The van der Waals surface area contributed by atoms with Crippen LogP contribution in [0, 0.1) is 0 Å². The Balaban J connectivity index is 1.19. The number of phenolic OH excluding ortho intramolecular Hbond substituents is 1. The number of thioether (sulfide) groups is 1. The Morgan fingerprint density at radius 2 is 1.73 bits per heavy atom. The Hall–Kier alpha value is -4.74. The largest absolute Gasteiger partial charge is 0.508 e. The van der Waals surface area contributed by atoms with Gasteiger partial charge in [0.25, 0.3) is 0 Å². The minimum absolute atomic E-state index is 0.118. The van der Waals surface area contributed by atoms with Crippen molar-refractivity contribution in [3.05, 3.63) is 115 Å². The molecule has 9 nitrogen and oxygen atoms in total. The number of carbonyl (C=O) groups excluding carboxylic acids is 1. The number of aromatic hydroxyl groups is 1. The molecule has 6 aromatic rings. The molecule has 3 aromatic heterocycles. The van der Waals surface area contributed by atoms with Crippen LogP contribution in [0.4, 0.5) is 10.6 Å². The first-order valence-corrected chi connectivity index (χ1v) is 16.0. The summed E-state index contributed by atoms with van der Waals surface area (Å²) in [6, 6.07) is 30.3. The maximum absolute atomic E-state index is 13.2. The van der Waals surface area contributed by atoms with Crippen LogP contribution in [0.25, 0.3) is 22.7 Å². The van der Waals surface area contributed by atoms with Crippen molar-refractivity contribution in [3.8, 4) is 22.8 Å². The van der Waals surface area contributed by atoms with Crippen molar-refractivity contribution in [2.75, 3.05) is 11.6 Å². The third-order valence-electron chi connectivity index (χ3n) is 7.20. The van der Waals surface area contributed by atoms with Crippen LogP contribution in [-0.4, -0.2) is 41.8 Å². The maximum Gasteiger partial charge on any atom is 0.320 e. The van der Waals surface area contributed by atoms with E-state index in [0.29, 0.717) is 18.1 Å². The van der Waals surface area contributed by atoms with Gasteiger partial charge in [0.1, 0.15) is 11.6 Å². The predicted molar refractivity (Wildman–Crippen MR) is 177 cm³/mol. The highest BCUT2D eigenvalue weighted by atomic mass is 32.2. The first-order chi connectivity index (χ1) is 21.3. The van der Waals surface area contributed by atoms with Gasteiger partial charge in [0.2, 0.25) is 0 Å². The molecule has 3 aromatic carbocycles. The van der Waals surface area contributed by atoms with Gasteiger partial charge in [-0.1, -0.05) is 66.4 Å². The maximum atomic E-state index is 13.2. The Morgan fingerprint density at radius 1 is 0.932 bits per heavy atom. The number of hydrogen-bond acceptors (Lipinski definition) is 7. The van der Waals surface area contributed by atoms with E-state index in [0.717, 1.165) is 38.1 Å². The van der Waals surface area contributed by atoms with Gasteiger partial charge in [0, 0.05) is 40.2 Å². The summed E-state index contributed by atoms with van der Waals surface area (Å²) in [6.07, 6.45) is 4.06. The second-order valence-electron chi connectivity index (χ2n) is 10.6. The van der Waals surface area contributed by atoms with Crippen LogP contribution in [0.15, 0.2) is 113 Å². The van der Waals surface area contributed by atoms with Crippen LogP contribution in [0.2, 0.25) is 0 Å². The molecule has 3 heterocycles. The van der Waals surface area contributed by atoms with Crippen LogP contribution in [0.5, 0.6) is 5.75 Å². The monoisotopic (exact) mass is 621 g/mol. The number of benzene rings is 3. The van der Waals surface area contributed by atoms with E-state index in [1.165, 1.54) is 0 Å². The Kier molecular flexibility index (Phi) is 8.32. The molecule has 44 heavy (non-hydrogen) atoms. The molecular formula is C33H31N7O2S2. The lowest BCUT2D eigenvalue weighted by molar-refractivity contribution is 0.251. The number of fused-ring (bicyclic) bond motifs is 1. The standard InChI is InChI=1S/C33H31N7O2S2/c1-33(2,43-3)28-19-30(40(38-28)24-13-9-14-25(41)18-24)35-32(42)34-20-23-12-7-8-15-27(23)44-26-16-17-29-36-37-31(39(29)21-26)22-10-5-4-6-11-22/h4-19,21,41H,20H2,1-3H3,(H2,34,35,42). The van der Waals surface area contributed by atoms with Gasteiger partial charge in [-0.3, -0.25) is 9.72 Å². The lowest BCUT2D eigenvalue weighted by Gasteiger charge is -2.18. The second-order valence-corrected chi connectivity index (χ2v) is 13.1. The van der Waals surface area contributed by atoms with Crippen molar-refractivity contribution in [2.24, 2.45) is 0 Å². The number of aromatic nitrogens is 5. The van der Waals surface area contributed by atoms with Gasteiger partial charge in [0.05, 0.1) is 16.1 Å². The van der Waals surface area contributed by atoms with E-state index in [4.69, 9.17) is 5.10 Å². The van der Waals surface area contributed by atoms with Crippen LogP contribution >= 0.6 is 23.5 Å². The number of amides is 2. The molecule has 0 atom stereocenters. The van der Waals surface area contributed by atoms with Crippen LogP contribution in [0.3, 0.4) is 0 Å². The zero-order chi connectivity index (χ0) is 30.7. The quantitative estimate of drug-likeness (QED) is 0.155. The summed E-state index contributed by atoms with van der Waals surface area (Å²) in [7, 11) is 0. The number of nitrogens with zero attached hydrogens (tertiary/aromatic N) is 5. The fourth-order valence-electron chi connectivity index (χ4n) is 4.62. The van der Waals surface area contributed by atoms with Gasteiger partial charge in [-0.2, -0.15) is 16.9 Å². The number of carbonyl (C=O) groups is 1. The molecule has 0 spiro atoms. The molecule has 3 N–H and O–H groups in total. The molecule has 6 rings (SSSR count). The van der Waals surface area contributed by atoms with Crippen molar-refractivity contribution < 1.29 is 9.90 Å². The average Bonchev–Trinajstić information content (AvgIpc) is 3.66. The van der Waals surface area contributed by atoms with E-state index < -0.39 is 0 Å². The van der Waals surface area contributed by atoms with Crippen molar-refractivity contribution in [1.29, 1.82) is 0 Å². The van der Waals surface area contributed by atoms with E-state index in [1.807, 2.05) is 95.7 Å². The summed E-state index contributed by atoms with van der Waals surface area (Å²) >= 11 is 3.28. The SMILES string of the molecule is CSC(C)(C)c1cc(NC(=O)NCc2ccccc2Sc2ccc3nnc(-c4ccccc4)n3c2)n(-c2cccc(O)c2)n1. The number of hydrogen-bond donors (Lipinski definition) is 3. The average molecular weight is 622 g/mol. The van der Waals surface area contributed by atoms with Crippen LogP contribution < -0.4 is 10.6 Å². The zero-order valence-electron chi connectivity index (χ0n) is 24.4. The highest BCUT2D eigenvalue weighted by Gasteiger charge is 2.25. The summed E-state index contributed by atoms with van der Waals surface area (Å²) in [4.78, 5) is 15.2. The van der Waals surface area contributed by atoms with Gasteiger partial charge >= 0.3 is 6.03 Å². The Bertz CT molecular complexity index is 1940. The first-order valence-electron chi connectivity index (χ1n) is 14.0. The van der Waals surface area contributed by atoms with Crippen molar-refractivity contribution >= 4 is 41.0 Å². The van der Waals surface area contributed by atoms with Gasteiger partial charge in [-0.05, 0) is 56.0 Å². The fourth-order valence-corrected chi connectivity index (χ4v) is 5.89. The number of phenols is 1. The van der Waals surface area contributed by atoms with E-state index in [2.05, 4.69) is 34.7 Å². The molecule has 0 saturated heterocycles.